The first kappa shape index (κ1) is 13.5. The second kappa shape index (κ2) is 5.34. The van der Waals surface area contributed by atoms with Crippen molar-refractivity contribution in [3.05, 3.63) is 24.2 Å². The van der Waals surface area contributed by atoms with Crippen molar-refractivity contribution in [1.29, 1.82) is 0 Å². The molecule has 1 aliphatic heterocycles. The van der Waals surface area contributed by atoms with Gasteiger partial charge in [-0.2, -0.15) is 0 Å². The van der Waals surface area contributed by atoms with Gasteiger partial charge in [0.25, 0.3) is 0 Å². The molecule has 1 atom stereocenters. The molecule has 1 saturated heterocycles. The van der Waals surface area contributed by atoms with Crippen molar-refractivity contribution in [2.45, 2.75) is 31.7 Å². The quantitative estimate of drug-likeness (QED) is 0.864. The zero-order valence-electron chi connectivity index (χ0n) is 10.9. The first-order valence-electron chi connectivity index (χ1n) is 6.35. The highest BCUT2D eigenvalue weighted by molar-refractivity contribution is 5.86. The molecule has 2 heterocycles. The minimum Gasteiger partial charge on any atom is -0.480 e. The van der Waals surface area contributed by atoms with Gasteiger partial charge in [0, 0.05) is 19.5 Å². The fraction of sp³-hybridized carbons (Fsp3) is 0.538. The highest BCUT2D eigenvalue weighted by atomic mass is 16.4. The zero-order valence-corrected chi connectivity index (χ0v) is 10.9. The third-order valence-corrected chi connectivity index (χ3v) is 3.57. The molecule has 1 aromatic heterocycles. The van der Waals surface area contributed by atoms with E-state index in [1.165, 1.54) is 4.90 Å². The third-order valence-electron chi connectivity index (χ3n) is 3.57. The van der Waals surface area contributed by atoms with Crippen molar-refractivity contribution in [2.24, 2.45) is 0 Å². The normalized spacial score (nSPS) is 22.5. The summed E-state index contributed by atoms with van der Waals surface area (Å²) in [5.41, 5.74) is -1.09. The Morgan fingerprint density at radius 1 is 1.58 bits per heavy atom. The van der Waals surface area contributed by atoms with Crippen molar-refractivity contribution in [3.8, 4) is 0 Å². The van der Waals surface area contributed by atoms with Crippen LogP contribution in [0.1, 0.15) is 25.5 Å². The van der Waals surface area contributed by atoms with E-state index in [2.05, 4.69) is 5.32 Å². The lowest BCUT2D eigenvalue weighted by Crippen LogP contribution is -2.54. The van der Waals surface area contributed by atoms with Crippen LogP contribution < -0.4 is 5.32 Å². The first-order valence-corrected chi connectivity index (χ1v) is 6.35. The van der Waals surface area contributed by atoms with Crippen LogP contribution in [0, 0.1) is 0 Å². The predicted octanol–water partition coefficient (Wildman–Crippen LogP) is 1.47. The Morgan fingerprint density at radius 3 is 3.00 bits per heavy atom. The lowest BCUT2D eigenvalue weighted by atomic mass is 10.00. The van der Waals surface area contributed by atoms with Gasteiger partial charge >= 0.3 is 12.0 Å². The maximum Gasteiger partial charge on any atom is 0.329 e. The molecule has 1 unspecified atom stereocenters. The van der Waals surface area contributed by atoms with Crippen LogP contribution in [-0.4, -0.2) is 40.6 Å². The fourth-order valence-electron chi connectivity index (χ4n) is 2.35. The van der Waals surface area contributed by atoms with E-state index < -0.39 is 11.5 Å². The monoisotopic (exact) mass is 266 g/mol. The summed E-state index contributed by atoms with van der Waals surface area (Å²) in [5.74, 6) is -0.158. The van der Waals surface area contributed by atoms with Gasteiger partial charge in [-0.05, 0) is 31.9 Å². The van der Waals surface area contributed by atoms with Gasteiger partial charge in [0.05, 0.1) is 6.26 Å². The minimum absolute atomic E-state index is 0.325. The summed E-state index contributed by atoms with van der Waals surface area (Å²) in [4.78, 5) is 24.7. The van der Waals surface area contributed by atoms with E-state index >= 15 is 0 Å². The molecule has 0 bridgehead atoms. The zero-order chi connectivity index (χ0) is 13.9. The van der Waals surface area contributed by atoms with E-state index in [0.29, 0.717) is 32.4 Å². The summed E-state index contributed by atoms with van der Waals surface area (Å²) in [6, 6.07) is 3.30. The lowest BCUT2D eigenvalue weighted by Gasteiger charge is -2.31. The molecule has 1 aliphatic rings. The van der Waals surface area contributed by atoms with Gasteiger partial charge < -0.3 is 19.7 Å². The molecular weight excluding hydrogens is 248 g/mol. The molecule has 6 nitrogen and oxygen atoms in total. The number of carbonyl (C=O) groups is 2. The number of furan rings is 1. The number of rotatable bonds is 4. The molecule has 1 fully saturated rings. The fourth-order valence-corrected chi connectivity index (χ4v) is 2.35. The topological polar surface area (TPSA) is 82.8 Å². The Hall–Kier alpha value is -1.98. The van der Waals surface area contributed by atoms with Gasteiger partial charge in [0.1, 0.15) is 11.3 Å². The number of carboxylic acids is 1. The molecule has 2 rings (SSSR count). The molecule has 0 spiro atoms. The number of hydrogen-bond acceptors (Lipinski definition) is 3. The number of carboxylic acid groups (broad SMARTS) is 1. The van der Waals surface area contributed by atoms with Crippen LogP contribution >= 0.6 is 0 Å². The van der Waals surface area contributed by atoms with Crippen LogP contribution in [-0.2, 0) is 11.2 Å². The summed E-state index contributed by atoms with van der Waals surface area (Å²) in [6.07, 6.45) is 3.39. The van der Waals surface area contributed by atoms with E-state index in [4.69, 9.17) is 4.42 Å². The summed E-state index contributed by atoms with van der Waals surface area (Å²) in [7, 11) is 0. The van der Waals surface area contributed by atoms with Gasteiger partial charge in [-0.1, -0.05) is 0 Å². The summed E-state index contributed by atoms with van der Waals surface area (Å²) >= 11 is 0. The van der Waals surface area contributed by atoms with Gasteiger partial charge in [-0.15, -0.1) is 0 Å². The highest BCUT2D eigenvalue weighted by Crippen LogP contribution is 2.29. The van der Waals surface area contributed by atoms with Crippen LogP contribution in [0.4, 0.5) is 4.79 Å². The number of aliphatic carboxylic acids is 1. The maximum atomic E-state index is 12.0. The molecule has 0 aromatic carbocycles. The second-order valence-electron chi connectivity index (χ2n) is 4.90. The average molecular weight is 266 g/mol. The Morgan fingerprint density at radius 2 is 2.37 bits per heavy atom. The van der Waals surface area contributed by atoms with Gasteiger partial charge in [0.2, 0.25) is 0 Å². The molecule has 2 amide bonds. The molecule has 0 aliphatic carbocycles. The van der Waals surface area contributed by atoms with E-state index in [9.17, 15) is 14.7 Å². The third kappa shape index (κ3) is 2.72. The second-order valence-corrected chi connectivity index (χ2v) is 4.90. The minimum atomic E-state index is -1.09. The molecule has 1 aromatic rings. The van der Waals surface area contributed by atoms with E-state index in [1.54, 1.807) is 19.3 Å². The predicted molar refractivity (Wildman–Crippen MR) is 67.8 cm³/mol. The molecule has 0 radical (unpaired) electrons. The number of likely N-dealkylation sites (tertiary alicyclic amines) is 1. The van der Waals surface area contributed by atoms with Crippen molar-refractivity contribution in [1.82, 2.24) is 10.2 Å². The Bertz CT molecular complexity index is 457. The molecule has 6 heteroatoms. The highest BCUT2D eigenvalue weighted by Gasteiger charge is 2.45. The summed E-state index contributed by atoms with van der Waals surface area (Å²) < 4.78 is 5.16. The standard InChI is InChI=1S/C13H18N2O4/c1-13(11(16)17)6-3-8-15(13)12(18)14-7-5-10-4-2-9-19-10/h2,4,9H,3,5-8H2,1H3,(H,14,18)(H,16,17). The van der Waals surface area contributed by atoms with Crippen molar-refractivity contribution >= 4 is 12.0 Å². The molecular formula is C13H18N2O4. The maximum absolute atomic E-state index is 12.0. The number of nitrogens with one attached hydrogen (secondary N) is 1. The van der Waals surface area contributed by atoms with Crippen molar-refractivity contribution in [2.75, 3.05) is 13.1 Å². The first-order chi connectivity index (χ1) is 9.04. The van der Waals surface area contributed by atoms with Crippen LogP contribution in [0.25, 0.3) is 0 Å². The van der Waals surface area contributed by atoms with E-state index in [1.807, 2.05) is 6.07 Å². The number of hydrogen-bond donors (Lipinski definition) is 2. The van der Waals surface area contributed by atoms with Gasteiger partial charge in [-0.25, -0.2) is 9.59 Å². The Kier molecular flexibility index (Phi) is 3.78. The Labute approximate surface area is 111 Å². The molecule has 2 N–H and O–H groups in total. The van der Waals surface area contributed by atoms with E-state index in [0.717, 1.165) is 5.76 Å². The summed E-state index contributed by atoms with van der Waals surface area (Å²) in [5, 5.41) is 12.0. The van der Waals surface area contributed by atoms with Crippen LogP contribution in [0.15, 0.2) is 22.8 Å². The number of nitrogens with zero attached hydrogens (tertiary/aromatic N) is 1. The smallest absolute Gasteiger partial charge is 0.329 e. The van der Waals surface area contributed by atoms with Crippen molar-refractivity contribution in [3.63, 3.8) is 0 Å². The SMILES string of the molecule is CC1(C(=O)O)CCCN1C(=O)NCCc1ccco1. The van der Waals surface area contributed by atoms with Crippen molar-refractivity contribution < 1.29 is 19.1 Å². The Balaban J connectivity index is 1.87. The number of amides is 2. The van der Waals surface area contributed by atoms with E-state index in [-0.39, 0.29) is 6.03 Å². The molecule has 104 valence electrons. The van der Waals surface area contributed by atoms with Crippen LogP contribution in [0.3, 0.4) is 0 Å². The number of carbonyl (C=O) groups excluding carboxylic acids is 1. The molecule has 0 saturated carbocycles. The largest absolute Gasteiger partial charge is 0.480 e. The van der Waals surface area contributed by atoms with Gasteiger partial charge in [0.15, 0.2) is 0 Å². The average Bonchev–Trinajstić information content (AvgIpc) is 2.99. The summed E-state index contributed by atoms with van der Waals surface area (Å²) in [6.45, 7) is 2.50. The molecule has 19 heavy (non-hydrogen) atoms. The lowest BCUT2D eigenvalue weighted by molar-refractivity contribution is -0.147. The van der Waals surface area contributed by atoms with Crippen LogP contribution in [0.5, 0.6) is 0 Å². The van der Waals surface area contributed by atoms with Gasteiger partial charge in [-0.3, -0.25) is 0 Å². The van der Waals surface area contributed by atoms with Crippen LogP contribution in [0.2, 0.25) is 0 Å². The number of urea groups is 1.